The van der Waals surface area contributed by atoms with Crippen LogP contribution in [0.5, 0.6) is 0 Å². The lowest BCUT2D eigenvalue weighted by molar-refractivity contribution is -0.144. The summed E-state index contributed by atoms with van der Waals surface area (Å²) in [5.74, 6) is -0.260. The van der Waals surface area contributed by atoms with Crippen molar-refractivity contribution in [3.63, 3.8) is 0 Å². The number of aryl methyl sites for hydroxylation is 1. The van der Waals surface area contributed by atoms with Gasteiger partial charge in [0.15, 0.2) is 0 Å². The quantitative estimate of drug-likeness (QED) is 0.839. The van der Waals surface area contributed by atoms with E-state index in [-0.39, 0.29) is 18.3 Å². The molecule has 0 bridgehead atoms. The van der Waals surface area contributed by atoms with E-state index in [2.05, 4.69) is 5.32 Å². The number of ether oxygens (including phenoxy) is 1. The summed E-state index contributed by atoms with van der Waals surface area (Å²) in [6.07, 6.45) is 0.581. The fourth-order valence-electron chi connectivity index (χ4n) is 2.53. The molecule has 1 heterocycles. The average Bonchev–Trinajstić information content (AvgIpc) is 2.73. The lowest BCUT2D eigenvalue weighted by atomic mass is 9.76. The van der Waals surface area contributed by atoms with Gasteiger partial charge in [0.1, 0.15) is 0 Å². The number of benzene rings is 1. The van der Waals surface area contributed by atoms with Crippen LogP contribution in [0.15, 0.2) is 24.3 Å². The van der Waals surface area contributed by atoms with E-state index in [1.54, 1.807) is 6.92 Å². The zero-order valence-electron chi connectivity index (χ0n) is 11.4. The van der Waals surface area contributed by atoms with E-state index in [1.165, 1.54) is 0 Å². The van der Waals surface area contributed by atoms with Crippen molar-refractivity contribution in [3.8, 4) is 0 Å². The fourth-order valence-corrected chi connectivity index (χ4v) is 2.53. The highest BCUT2D eigenvalue weighted by molar-refractivity contribution is 5.83. The number of rotatable bonds is 4. The van der Waals surface area contributed by atoms with Gasteiger partial charge in [-0.1, -0.05) is 29.8 Å². The van der Waals surface area contributed by atoms with Crippen molar-refractivity contribution in [2.75, 3.05) is 13.2 Å². The molecule has 1 N–H and O–H groups in total. The summed E-state index contributed by atoms with van der Waals surface area (Å²) in [7, 11) is 0. The number of nitrogens with one attached hydrogen (secondary N) is 1. The van der Waals surface area contributed by atoms with Gasteiger partial charge in [-0.15, -0.1) is 0 Å². The van der Waals surface area contributed by atoms with Crippen molar-refractivity contribution in [1.29, 1.82) is 0 Å². The van der Waals surface area contributed by atoms with Crippen LogP contribution in [0.1, 0.15) is 30.9 Å². The molecule has 1 aliphatic rings. The minimum atomic E-state index is -0.461. The molecule has 1 atom stereocenters. The molecule has 1 aromatic rings. The molecule has 1 unspecified atom stereocenters. The first kappa shape index (κ1) is 13.6. The second kappa shape index (κ2) is 5.43. The van der Waals surface area contributed by atoms with Crippen LogP contribution in [-0.2, 0) is 19.7 Å². The highest BCUT2D eigenvalue weighted by atomic mass is 16.5. The molecule has 1 amide bonds. The van der Waals surface area contributed by atoms with Crippen LogP contribution in [0, 0.1) is 6.92 Å². The first-order valence-electron chi connectivity index (χ1n) is 6.55. The van der Waals surface area contributed by atoms with Gasteiger partial charge >= 0.3 is 5.97 Å². The summed E-state index contributed by atoms with van der Waals surface area (Å²) in [5, 5.41) is 2.82. The SMILES string of the molecule is CCOC(=O)CC1(c2ccc(C)cc2)CNC(=O)C1. The van der Waals surface area contributed by atoms with E-state index in [0.29, 0.717) is 19.6 Å². The summed E-state index contributed by atoms with van der Waals surface area (Å²) >= 11 is 0. The van der Waals surface area contributed by atoms with Crippen LogP contribution in [0.3, 0.4) is 0 Å². The third-order valence-corrected chi connectivity index (χ3v) is 3.57. The fraction of sp³-hybridized carbons (Fsp3) is 0.467. The maximum atomic E-state index is 11.8. The Morgan fingerprint density at radius 3 is 2.58 bits per heavy atom. The molecule has 4 nitrogen and oxygen atoms in total. The van der Waals surface area contributed by atoms with Crippen molar-refractivity contribution >= 4 is 11.9 Å². The van der Waals surface area contributed by atoms with E-state index in [1.807, 2.05) is 31.2 Å². The molecule has 1 aliphatic heterocycles. The average molecular weight is 261 g/mol. The van der Waals surface area contributed by atoms with Crippen LogP contribution in [0.4, 0.5) is 0 Å². The highest BCUT2D eigenvalue weighted by Gasteiger charge is 2.42. The van der Waals surface area contributed by atoms with Crippen molar-refractivity contribution in [3.05, 3.63) is 35.4 Å². The lowest BCUT2D eigenvalue weighted by Crippen LogP contribution is -2.32. The standard InChI is InChI=1S/C15H19NO3/c1-3-19-14(18)9-15(8-13(17)16-10-15)12-6-4-11(2)5-7-12/h4-7H,3,8-10H2,1-2H3,(H,16,17). The number of amides is 1. The van der Waals surface area contributed by atoms with Crippen molar-refractivity contribution in [2.24, 2.45) is 0 Å². The summed E-state index contributed by atoms with van der Waals surface area (Å²) in [4.78, 5) is 23.4. The number of hydrogen-bond donors (Lipinski definition) is 1. The number of carbonyl (C=O) groups excluding carboxylic acids is 2. The normalized spacial score (nSPS) is 22.1. The first-order chi connectivity index (χ1) is 9.05. The molecule has 0 spiro atoms. The predicted molar refractivity (Wildman–Crippen MR) is 71.7 cm³/mol. The van der Waals surface area contributed by atoms with Crippen LogP contribution < -0.4 is 5.32 Å². The van der Waals surface area contributed by atoms with Crippen LogP contribution in [0.25, 0.3) is 0 Å². The van der Waals surface area contributed by atoms with Gasteiger partial charge in [0.05, 0.1) is 13.0 Å². The van der Waals surface area contributed by atoms with Gasteiger partial charge in [0.25, 0.3) is 0 Å². The zero-order valence-corrected chi connectivity index (χ0v) is 11.4. The molecule has 1 saturated heterocycles. The van der Waals surface area contributed by atoms with Gasteiger partial charge in [0, 0.05) is 18.4 Å². The molecule has 4 heteroatoms. The lowest BCUT2D eigenvalue weighted by Gasteiger charge is -2.26. The molecule has 1 aromatic carbocycles. The van der Waals surface area contributed by atoms with Crippen molar-refractivity contribution < 1.29 is 14.3 Å². The number of esters is 1. The molecule has 0 saturated carbocycles. The van der Waals surface area contributed by atoms with Crippen molar-refractivity contribution in [1.82, 2.24) is 5.32 Å². The van der Waals surface area contributed by atoms with E-state index >= 15 is 0 Å². The van der Waals surface area contributed by atoms with Gasteiger partial charge in [-0.25, -0.2) is 0 Å². The highest BCUT2D eigenvalue weighted by Crippen LogP contribution is 2.35. The van der Waals surface area contributed by atoms with Gasteiger partial charge in [0.2, 0.25) is 5.91 Å². The molecule has 0 aliphatic carbocycles. The van der Waals surface area contributed by atoms with E-state index in [4.69, 9.17) is 4.74 Å². The second-order valence-corrected chi connectivity index (χ2v) is 5.08. The van der Waals surface area contributed by atoms with Gasteiger partial charge < -0.3 is 10.1 Å². The van der Waals surface area contributed by atoms with E-state index < -0.39 is 5.41 Å². The van der Waals surface area contributed by atoms with Gasteiger partial charge in [-0.05, 0) is 19.4 Å². The second-order valence-electron chi connectivity index (χ2n) is 5.08. The maximum absolute atomic E-state index is 11.8. The molecule has 102 valence electrons. The maximum Gasteiger partial charge on any atom is 0.306 e. The summed E-state index contributed by atoms with van der Waals surface area (Å²) in [6.45, 7) is 4.66. The third kappa shape index (κ3) is 2.95. The molecule has 1 fully saturated rings. The van der Waals surface area contributed by atoms with Crippen LogP contribution in [-0.4, -0.2) is 25.0 Å². The van der Waals surface area contributed by atoms with E-state index in [0.717, 1.165) is 11.1 Å². The van der Waals surface area contributed by atoms with Gasteiger partial charge in [-0.2, -0.15) is 0 Å². The zero-order chi connectivity index (χ0) is 13.9. The van der Waals surface area contributed by atoms with E-state index in [9.17, 15) is 9.59 Å². The minimum Gasteiger partial charge on any atom is -0.466 e. The molecule has 2 rings (SSSR count). The summed E-state index contributed by atoms with van der Waals surface area (Å²) in [6, 6.07) is 8.00. The Kier molecular flexibility index (Phi) is 3.88. The Hall–Kier alpha value is -1.84. The first-order valence-corrected chi connectivity index (χ1v) is 6.55. The van der Waals surface area contributed by atoms with Gasteiger partial charge in [-0.3, -0.25) is 9.59 Å². The summed E-state index contributed by atoms with van der Waals surface area (Å²) < 4.78 is 5.03. The molecule has 0 aromatic heterocycles. The molecular formula is C15H19NO3. The van der Waals surface area contributed by atoms with Crippen molar-refractivity contribution in [2.45, 2.75) is 32.1 Å². The third-order valence-electron chi connectivity index (χ3n) is 3.57. The summed E-state index contributed by atoms with van der Waals surface area (Å²) in [5.41, 5.74) is 1.72. The molecular weight excluding hydrogens is 242 g/mol. The largest absolute Gasteiger partial charge is 0.466 e. The Labute approximate surface area is 113 Å². The Morgan fingerprint density at radius 1 is 1.37 bits per heavy atom. The topological polar surface area (TPSA) is 55.4 Å². The number of hydrogen-bond acceptors (Lipinski definition) is 3. The molecule has 19 heavy (non-hydrogen) atoms. The van der Waals surface area contributed by atoms with Crippen LogP contribution >= 0.6 is 0 Å². The Morgan fingerprint density at radius 2 is 2.05 bits per heavy atom. The smallest absolute Gasteiger partial charge is 0.306 e. The van der Waals surface area contributed by atoms with Crippen LogP contribution in [0.2, 0.25) is 0 Å². The molecule has 0 radical (unpaired) electrons. The predicted octanol–water partition coefficient (Wildman–Crippen LogP) is 1.71. The minimum absolute atomic E-state index is 0.00938. The monoisotopic (exact) mass is 261 g/mol. The number of carbonyl (C=O) groups is 2. The Bertz CT molecular complexity index is 481. The Balaban J connectivity index is 2.27.